The van der Waals surface area contributed by atoms with E-state index in [9.17, 15) is 0 Å². The maximum atomic E-state index is 5.52. The van der Waals surface area contributed by atoms with Crippen molar-refractivity contribution in [3.05, 3.63) is 68.7 Å². The quantitative estimate of drug-likeness (QED) is 0.580. The van der Waals surface area contributed by atoms with Crippen LogP contribution in [0.5, 0.6) is 5.75 Å². The molecule has 0 saturated heterocycles. The van der Waals surface area contributed by atoms with Crippen LogP contribution in [0, 0.1) is 14.1 Å². The van der Waals surface area contributed by atoms with Crippen molar-refractivity contribution in [3.63, 3.8) is 0 Å². The van der Waals surface area contributed by atoms with Gasteiger partial charge in [-0.15, -0.1) is 0 Å². The van der Waals surface area contributed by atoms with E-state index in [0.29, 0.717) is 0 Å². The average Bonchev–Trinajstić information content (AvgIpc) is 2.32. The molecular formula is C15H15IO. The first kappa shape index (κ1) is 12.3. The molecule has 2 rings (SSSR count). The molecule has 2 heteroatoms. The standard InChI is InChI=1S/C15H15IO/c1-12(2)17-15-10-8-14(9-11-15)16-13-6-4-3-5-7-13/h3-12H,1H2,2H3. The van der Waals surface area contributed by atoms with Gasteiger partial charge in [-0.05, 0) is 0 Å². The summed E-state index contributed by atoms with van der Waals surface area (Å²) in [5, 5.41) is 0. The Labute approximate surface area is 113 Å². The third-order valence-corrected chi connectivity index (χ3v) is 4.79. The molecule has 0 amide bonds. The van der Waals surface area contributed by atoms with Crippen LogP contribution in [-0.2, 0) is 0 Å². The Balaban J connectivity index is 2.03. The molecule has 2 aromatic rings. The molecule has 17 heavy (non-hydrogen) atoms. The second kappa shape index (κ2) is 5.96. The average molecular weight is 338 g/mol. The summed E-state index contributed by atoms with van der Waals surface area (Å²) in [6.07, 6.45) is -0.00956. The molecule has 1 atom stereocenters. The summed E-state index contributed by atoms with van der Waals surface area (Å²) in [7, 11) is 0. The van der Waals surface area contributed by atoms with E-state index >= 15 is 0 Å². The molecule has 0 aromatic heterocycles. The van der Waals surface area contributed by atoms with Gasteiger partial charge in [-0.3, -0.25) is 0 Å². The van der Waals surface area contributed by atoms with E-state index in [4.69, 9.17) is 4.74 Å². The van der Waals surface area contributed by atoms with Crippen molar-refractivity contribution in [2.75, 3.05) is 0 Å². The monoisotopic (exact) mass is 338 g/mol. The minimum atomic E-state index is -0.0763. The number of rotatable bonds is 4. The second-order valence-electron chi connectivity index (χ2n) is 3.77. The van der Waals surface area contributed by atoms with Gasteiger partial charge in [-0.1, -0.05) is 0 Å². The first-order valence-electron chi connectivity index (χ1n) is 5.54. The number of hydrogen-bond donors (Lipinski definition) is 0. The van der Waals surface area contributed by atoms with Crippen molar-refractivity contribution in [1.29, 1.82) is 0 Å². The molecule has 0 aliphatic rings. The third kappa shape index (κ3) is 3.97. The van der Waals surface area contributed by atoms with Gasteiger partial charge in [0.15, 0.2) is 0 Å². The van der Waals surface area contributed by atoms with E-state index in [-0.39, 0.29) is 27.3 Å². The third-order valence-electron chi connectivity index (χ3n) is 2.10. The molecule has 0 radical (unpaired) electrons. The van der Waals surface area contributed by atoms with E-state index in [0.717, 1.165) is 5.75 Å². The van der Waals surface area contributed by atoms with Crippen LogP contribution in [0.4, 0.5) is 0 Å². The Morgan fingerprint density at radius 1 is 0.941 bits per heavy atom. The zero-order chi connectivity index (χ0) is 12.1. The molecule has 0 saturated carbocycles. The van der Waals surface area contributed by atoms with E-state index in [1.54, 1.807) is 0 Å². The van der Waals surface area contributed by atoms with Crippen LogP contribution >= 0.6 is 0 Å². The van der Waals surface area contributed by atoms with Gasteiger partial charge in [-0.25, -0.2) is 0 Å². The Morgan fingerprint density at radius 2 is 1.53 bits per heavy atom. The summed E-state index contributed by atoms with van der Waals surface area (Å²) in [4.78, 5) is 0. The molecule has 0 bridgehead atoms. The summed E-state index contributed by atoms with van der Waals surface area (Å²) < 4.78 is 8.36. The first-order chi connectivity index (χ1) is 8.24. The Bertz CT molecular complexity index is 448. The van der Waals surface area contributed by atoms with Crippen molar-refractivity contribution < 1.29 is 25.9 Å². The zero-order valence-corrected chi connectivity index (χ0v) is 11.9. The van der Waals surface area contributed by atoms with Gasteiger partial charge in [0.05, 0.1) is 0 Å². The van der Waals surface area contributed by atoms with Crippen LogP contribution in [-0.4, -0.2) is 6.10 Å². The van der Waals surface area contributed by atoms with Crippen molar-refractivity contribution in [2.24, 2.45) is 0 Å². The molecule has 1 nitrogen and oxygen atoms in total. The van der Waals surface area contributed by atoms with Gasteiger partial charge in [0.2, 0.25) is 0 Å². The SMILES string of the molecule is [CH2+]C(C)Oc1ccc([I-]c2ccccc2)cc1. The van der Waals surface area contributed by atoms with Gasteiger partial charge >= 0.3 is 113 Å². The number of benzene rings is 2. The summed E-state index contributed by atoms with van der Waals surface area (Å²) in [6, 6.07) is 19.0. The van der Waals surface area contributed by atoms with Gasteiger partial charge < -0.3 is 0 Å². The first-order valence-corrected chi connectivity index (χ1v) is 7.69. The molecule has 0 aliphatic heterocycles. The van der Waals surface area contributed by atoms with Gasteiger partial charge in [-0.2, -0.15) is 0 Å². The summed E-state index contributed by atoms with van der Waals surface area (Å²) >= 11 is -0.0763. The normalized spacial score (nSPS) is 12.3. The molecule has 2 aromatic carbocycles. The van der Waals surface area contributed by atoms with Crippen LogP contribution in [0.1, 0.15) is 6.92 Å². The molecule has 0 aliphatic carbocycles. The fourth-order valence-electron chi connectivity index (χ4n) is 1.41. The molecule has 0 fully saturated rings. The molecule has 0 heterocycles. The molecule has 0 spiro atoms. The summed E-state index contributed by atoms with van der Waals surface area (Å²) in [6.45, 7) is 5.74. The van der Waals surface area contributed by atoms with Crippen LogP contribution in [0.3, 0.4) is 0 Å². The van der Waals surface area contributed by atoms with E-state index < -0.39 is 0 Å². The van der Waals surface area contributed by atoms with Gasteiger partial charge in [0, 0.05) is 0 Å². The maximum absolute atomic E-state index is 5.52. The number of halogens is 1. The Hall–Kier alpha value is -1.16. The molecular weight excluding hydrogens is 323 g/mol. The van der Waals surface area contributed by atoms with Crippen LogP contribution in [0.2, 0.25) is 0 Å². The van der Waals surface area contributed by atoms with Crippen molar-refractivity contribution in [2.45, 2.75) is 13.0 Å². The minimum absolute atomic E-state index is 0.00956. The van der Waals surface area contributed by atoms with E-state index in [2.05, 4.69) is 49.4 Å². The van der Waals surface area contributed by atoms with Crippen molar-refractivity contribution in [3.8, 4) is 5.75 Å². The Morgan fingerprint density at radius 3 is 2.12 bits per heavy atom. The van der Waals surface area contributed by atoms with Crippen molar-refractivity contribution >= 4 is 0 Å². The topological polar surface area (TPSA) is 9.23 Å². The fourth-order valence-corrected chi connectivity index (χ4v) is 3.63. The van der Waals surface area contributed by atoms with Crippen LogP contribution in [0.15, 0.2) is 54.6 Å². The van der Waals surface area contributed by atoms with Crippen molar-refractivity contribution in [1.82, 2.24) is 0 Å². The zero-order valence-electron chi connectivity index (χ0n) is 9.77. The number of ether oxygens (including phenoxy) is 1. The van der Waals surface area contributed by atoms with Gasteiger partial charge in [0.25, 0.3) is 0 Å². The second-order valence-corrected chi connectivity index (χ2v) is 6.80. The van der Waals surface area contributed by atoms with Gasteiger partial charge in [0.1, 0.15) is 0 Å². The van der Waals surface area contributed by atoms with Crippen LogP contribution in [0.25, 0.3) is 0 Å². The Kier molecular flexibility index (Phi) is 4.31. The van der Waals surface area contributed by atoms with E-state index in [1.807, 2.05) is 19.1 Å². The van der Waals surface area contributed by atoms with E-state index in [1.165, 1.54) is 7.14 Å². The molecule has 1 unspecified atom stereocenters. The fraction of sp³-hybridized carbons (Fsp3) is 0.133. The predicted molar refractivity (Wildman–Crippen MR) is 65.7 cm³/mol. The number of hydrogen-bond acceptors (Lipinski definition) is 1. The predicted octanol–water partition coefficient (Wildman–Crippen LogP) is 0.416. The van der Waals surface area contributed by atoms with Crippen LogP contribution < -0.4 is 25.9 Å². The molecule has 88 valence electrons. The summed E-state index contributed by atoms with van der Waals surface area (Å²) in [5.41, 5.74) is 0. The summed E-state index contributed by atoms with van der Waals surface area (Å²) in [5.74, 6) is 0.897. The molecule has 0 N–H and O–H groups in total.